The zero-order chi connectivity index (χ0) is 19.5. The lowest BCUT2D eigenvalue weighted by Crippen LogP contribution is -2.63. The van der Waals surface area contributed by atoms with Crippen molar-refractivity contribution in [1.29, 1.82) is 0 Å². The monoisotopic (exact) mass is 378 g/mol. The number of carbonyl (C=O) groups is 1. The molecule has 1 heterocycles. The van der Waals surface area contributed by atoms with E-state index in [1.54, 1.807) is 0 Å². The first-order valence-electron chi connectivity index (χ1n) is 9.39. The first kappa shape index (κ1) is 21.1. The molecule has 0 spiro atoms. The molecular weight excluding hydrogens is 344 g/mol. The van der Waals surface area contributed by atoms with Gasteiger partial charge in [-0.05, 0) is 23.7 Å². The summed E-state index contributed by atoms with van der Waals surface area (Å²) >= 11 is 0. The van der Waals surface area contributed by atoms with Gasteiger partial charge in [0.2, 0.25) is 5.91 Å². The Morgan fingerprint density at radius 2 is 1.88 bits per heavy atom. The molecule has 1 aliphatic heterocycles. The Balaban J connectivity index is 2.17. The molecule has 26 heavy (non-hydrogen) atoms. The molecule has 3 atom stereocenters. The van der Waals surface area contributed by atoms with Gasteiger partial charge in [0.1, 0.15) is 6.10 Å². The fraction of sp³-hybridized carbons (Fsp3) is 0.650. The van der Waals surface area contributed by atoms with E-state index in [0.717, 1.165) is 6.54 Å². The Morgan fingerprint density at radius 1 is 1.27 bits per heavy atom. The van der Waals surface area contributed by atoms with E-state index in [0.29, 0.717) is 13.1 Å². The van der Waals surface area contributed by atoms with Gasteiger partial charge in [0, 0.05) is 26.6 Å². The van der Waals surface area contributed by atoms with E-state index in [1.165, 1.54) is 12.5 Å². The number of likely N-dealkylation sites (tertiary alicyclic amines) is 1. The van der Waals surface area contributed by atoms with E-state index in [9.17, 15) is 9.90 Å². The fourth-order valence-corrected chi connectivity index (χ4v) is 4.43. The second-order valence-corrected chi connectivity index (χ2v) is 13.7. The first-order chi connectivity index (χ1) is 12.0. The van der Waals surface area contributed by atoms with E-state index in [-0.39, 0.29) is 23.1 Å². The summed E-state index contributed by atoms with van der Waals surface area (Å²) in [5.41, 5.74) is 1.22. The fourth-order valence-electron chi connectivity index (χ4n) is 3.11. The Labute approximate surface area is 158 Å². The number of rotatable bonds is 5. The molecule has 5 nitrogen and oxygen atoms in total. The van der Waals surface area contributed by atoms with Crippen molar-refractivity contribution >= 4 is 14.2 Å². The molecule has 1 aliphatic rings. The standard InChI is InChI=1S/C20H34N2O3Si/c1-15(23)21-17-13-22(12-16-10-8-7-9-11-16)14-18(19(17)24)25-26(5,6)20(2,3)4/h7-11,17-19,24H,12-14H2,1-6H3,(H,21,23)/t17-,18+,19+/m0/s1. The summed E-state index contributed by atoms with van der Waals surface area (Å²) in [6.07, 6.45) is -0.995. The van der Waals surface area contributed by atoms with Crippen molar-refractivity contribution in [2.24, 2.45) is 0 Å². The topological polar surface area (TPSA) is 61.8 Å². The number of hydrogen-bond donors (Lipinski definition) is 2. The van der Waals surface area contributed by atoms with E-state index in [1.807, 2.05) is 18.2 Å². The predicted octanol–water partition coefficient (Wildman–Crippen LogP) is 2.76. The van der Waals surface area contributed by atoms with Crippen molar-refractivity contribution < 1.29 is 14.3 Å². The highest BCUT2D eigenvalue weighted by molar-refractivity contribution is 6.74. The number of hydrogen-bond acceptors (Lipinski definition) is 4. The number of piperidine rings is 1. The van der Waals surface area contributed by atoms with Crippen LogP contribution in [0.4, 0.5) is 0 Å². The minimum absolute atomic E-state index is 0.0674. The molecule has 0 aliphatic carbocycles. The summed E-state index contributed by atoms with van der Waals surface area (Å²) in [6.45, 7) is 14.5. The number of amides is 1. The van der Waals surface area contributed by atoms with Crippen LogP contribution < -0.4 is 5.32 Å². The van der Waals surface area contributed by atoms with Crippen LogP contribution in [0.3, 0.4) is 0 Å². The number of nitrogens with one attached hydrogen (secondary N) is 1. The Bertz CT molecular complexity index is 601. The van der Waals surface area contributed by atoms with Gasteiger partial charge < -0.3 is 14.8 Å². The number of aliphatic hydroxyl groups excluding tert-OH is 1. The number of nitrogens with zero attached hydrogens (tertiary/aromatic N) is 1. The highest BCUT2D eigenvalue weighted by Gasteiger charge is 2.44. The summed E-state index contributed by atoms with van der Waals surface area (Å²) in [7, 11) is -2.02. The van der Waals surface area contributed by atoms with Gasteiger partial charge >= 0.3 is 0 Å². The van der Waals surface area contributed by atoms with Gasteiger partial charge in [0.15, 0.2) is 8.32 Å². The molecule has 1 aromatic rings. The van der Waals surface area contributed by atoms with Gasteiger partial charge in [-0.25, -0.2) is 0 Å². The molecule has 0 bridgehead atoms. The van der Waals surface area contributed by atoms with Gasteiger partial charge in [0.05, 0.1) is 12.1 Å². The van der Waals surface area contributed by atoms with Crippen LogP contribution in [0.2, 0.25) is 18.1 Å². The van der Waals surface area contributed by atoms with Gasteiger partial charge in [-0.3, -0.25) is 9.69 Å². The van der Waals surface area contributed by atoms with Crippen LogP contribution in [0.15, 0.2) is 30.3 Å². The molecule has 0 radical (unpaired) electrons. The van der Waals surface area contributed by atoms with Crippen LogP contribution >= 0.6 is 0 Å². The lowest BCUT2D eigenvalue weighted by Gasteiger charge is -2.46. The van der Waals surface area contributed by atoms with Crippen molar-refractivity contribution in [1.82, 2.24) is 10.2 Å². The lowest BCUT2D eigenvalue weighted by atomic mass is 9.98. The summed E-state index contributed by atoms with van der Waals surface area (Å²) in [5, 5.41) is 13.8. The molecule has 0 aromatic heterocycles. The molecule has 1 saturated heterocycles. The van der Waals surface area contributed by atoms with Crippen molar-refractivity contribution in [2.45, 2.75) is 70.6 Å². The van der Waals surface area contributed by atoms with Gasteiger partial charge in [-0.15, -0.1) is 0 Å². The molecule has 0 saturated carbocycles. The Hall–Kier alpha value is -1.21. The van der Waals surface area contributed by atoms with Crippen molar-refractivity contribution in [2.75, 3.05) is 13.1 Å². The smallest absolute Gasteiger partial charge is 0.217 e. The minimum atomic E-state index is -2.02. The third-order valence-electron chi connectivity index (χ3n) is 5.58. The van der Waals surface area contributed by atoms with E-state index < -0.39 is 14.4 Å². The third-order valence-corrected chi connectivity index (χ3v) is 10.1. The molecule has 146 valence electrons. The number of carbonyl (C=O) groups excluding carboxylic acids is 1. The Kier molecular flexibility index (Phi) is 6.66. The van der Waals surface area contributed by atoms with Crippen molar-refractivity contribution in [3.63, 3.8) is 0 Å². The van der Waals surface area contributed by atoms with Crippen LogP contribution in [0.5, 0.6) is 0 Å². The molecule has 1 fully saturated rings. The highest BCUT2D eigenvalue weighted by Crippen LogP contribution is 2.38. The molecule has 1 amide bonds. The maximum absolute atomic E-state index is 11.6. The SMILES string of the molecule is CC(=O)N[C@H]1CN(Cc2ccccc2)C[C@@H](O[Si](C)(C)C(C)(C)C)[C@@H]1O. The van der Waals surface area contributed by atoms with Crippen molar-refractivity contribution in [3.8, 4) is 0 Å². The molecule has 0 unspecified atom stereocenters. The second-order valence-electron chi connectivity index (χ2n) is 8.89. The van der Waals surface area contributed by atoms with Crippen LogP contribution in [0.1, 0.15) is 33.3 Å². The first-order valence-corrected chi connectivity index (χ1v) is 12.3. The molecule has 1 aromatic carbocycles. The van der Waals surface area contributed by atoms with Gasteiger partial charge in [-0.2, -0.15) is 0 Å². The molecule has 6 heteroatoms. The molecule has 2 N–H and O–H groups in total. The summed E-state index contributed by atoms with van der Waals surface area (Å²) in [6, 6.07) is 9.95. The van der Waals surface area contributed by atoms with Crippen LogP contribution in [-0.2, 0) is 15.8 Å². The molecular formula is C20H34N2O3Si. The van der Waals surface area contributed by atoms with E-state index in [2.05, 4.69) is 56.2 Å². The van der Waals surface area contributed by atoms with Gasteiger partial charge in [-0.1, -0.05) is 51.1 Å². The quantitative estimate of drug-likeness (QED) is 0.774. The number of benzene rings is 1. The third kappa shape index (κ3) is 5.39. The average Bonchev–Trinajstić information content (AvgIpc) is 2.51. The Morgan fingerprint density at radius 3 is 2.42 bits per heavy atom. The number of aliphatic hydroxyl groups is 1. The van der Waals surface area contributed by atoms with Crippen molar-refractivity contribution in [3.05, 3.63) is 35.9 Å². The lowest BCUT2D eigenvalue weighted by molar-refractivity contribution is -0.123. The maximum Gasteiger partial charge on any atom is 0.217 e. The maximum atomic E-state index is 11.6. The summed E-state index contributed by atoms with van der Waals surface area (Å²) < 4.78 is 6.53. The minimum Gasteiger partial charge on any atom is -0.410 e. The average molecular weight is 379 g/mol. The molecule has 2 rings (SSSR count). The summed E-state index contributed by atoms with van der Waals surface area (Å²) in [4.78, 5) is 13.9. The van der Waals surface area contributed by atoms with E-state index >= 15 is 0 Å². The van der Waals surface area contributed by atoms with Gasteiger partial charge in [0.25, 0.3) is 0 Å². The largest absolute Gasteiger partial charge is 0.410 e. The van der Waals surface area contributed by atoms with Crippen LogP contribution in [-0.4, -0.2) is 55.6 Å². The van der Waals surface area contributed by atoms with E-state index in [4.69, 9.17) is 4.43 Å². The van der Waals surface area contributed by atoms with Crippen LogP contribution in [0, 0.1) is 0 Å². The predicted molar refractivity (Wildman–Crippen MR) is 107 cm³/mol. The highest BCUT2D eigenvalue weighted by atomic mass is 28.4. The normalized spacial score (nSPS) is 25.1. The van der Waals surface area contributed by atoms with Crippen LogP contribution in [0.25, 0.3) is 0 Å². The second kappa shape index (κ2) is 8.21. The zero-order valence-electron chi connectivity index (χ0n) is 17.0. The summed E-state index contributed by atoms with van der Waals surface area (Å²) in [5.74, 6) is -0.123. The zero-order valence-corrected chi connectivity index (χ0v) is 18.0.